The molecule has 10 nitrogen and oxygen atoms in total. The monoisotopic (exact) mass is 640 g/mol. The topological polar surface area (TPSA) is 152 Å². The summed E-state index contributed by atoms with van der Waals surface area (Å²) in [5, 5.41) is 29.0. The summed E-state index contributed by atoms with van der Waals surface area (Å²) in [4.78, 5) is 22.1. The van der Waals surface area contributed by atoms with Crippen LogP contribution in [0.2, 0.25) is 0 Å². The summed E-state index contributed by atoms with van der Waals surface area (Å²) in [7, 11) is -4.93. The Balaban J connectivity index is 1.51. The van der Waals surface area contributed by atoms with E-state index in [0.717, 1.165) is 48.0 Å². The molecule has 0 aliphatic carbocycles. The Morgan fingerprint density at radius 3 is 2.25 bits per heavy atom. The van der Waals surface area contributed by atoms with Gasteiger partial charge in [-0.05, 0) is 80.5 Å². The first kappa shape index (κ1) is 36.2. The van der Waals surface area contributed by atoms with Crippen LogP contribution in [-0.4, -0.2) is 50.6 Å². The van der Waals surface area contributed by atoms with E-state index in [1.54, 1.807) is 12.1 Å². The highest BCUT2D eigenvalue weighted by molar-refractivity contribution is 7.48. The molecule has 1 aromatic rings. The maximum absolute atomic E-state index is 12.8. The highest BCUT2D eigenvalue weighted by atomic mass is 31.2. The molecule has 6 unspecified atom stereocenters. The predicted octanol–water partition coefficient (Wildman–Crippen LogP) is 7.06. The molecule has 2 heterocycles. The van der Waals surface area contributed by atoms with Crippen molar-refractivity contribution in [3.8, 4) is 11.5 Å². The Hall–Kier alpha value is -2.26. The number of aliphatic hydroxyl groups excluding tert-OH is 3. The summed E-state index contributed by atoms with van der Waals surface area (Å²) in [5.41, 5.74) is 1.26. The van der Waals surface area contributed by atoms with Crippen molar-refractivity contribution in [2.24, 2.45) is 17.8 Å². The number of aryl methyl sites for hydroxylation is 2. The Morgan fingerprint density at radius 1 is 1.02 bits per heavy atom. The van der Waals surface area contributed by atoms with Crippen LogP contribution < -0.4 is 9.26 Å². The van der Waals surface area contributed by atoms with Crippen LogP contribution in [0.1, 0.15) is 110 Å². The van der Waals surface area contributed by atoms with Gasteiger partial charge in [0.1, 0.15) is 23.2 Å². The number of carbonyl (C=O) groups excluding carboxylic acids is 1. The lowest BCUT2D eigenvalue weighted by Gasteiger charge is -2.37. The molecule has 0 fully saturated rings. The summed E-state index contributed by atoms with van der Waals surface area (Å²) >= 11 is 0. The fraction of sp³-hybridized carbons (Fsp3) is 0.727. The number of rotatable bonds is 18. The second kappa shape index (κ2) is 15.8. The molecule has 0 amide bonds. The van der Waals surface area contributed by atoms with Crippen molar-refractivity contribution in [2.45, 2.75) is 130 Å². The first-order valence-electron chi connectivity index (χ1n) is 16.1. The molecule has 0 spiro atoms. The first-order chi connectivity index (χ1) is 20.6. The fourth-order valence-electron chi connectivity index (χ4n) is 6.05. The van der Waals surface area contributed by atoms with Crippen LogP contribution in [-0.2, 0) is 25.0 Å². The molecule has 3 rings (SSSR count). The average molecular weight is 641 g/mol. The van der Waals surface area contributed by atoms with Crippen LogP contribution in [0.15, 0.2) is 23.7 Å². The van der Waals surface area contributed by atoms with Gasteiger partial charge < -0.3 is 33.8 Å². The summed E-state index contributed by atoms with van der Waals surface area (Å²) in [6.07, 6.45) is 9.23. The zero-order valence-electron chi connectivity index (χ0n) is 27.2. The number of aliphatic hydroxyl groups is 3. The van der Waals surface area contributed by atoms with E-state index in [9.17, 15) is 29.6 Å². The minimum Gasteiger partial charge on any atom is -0.499 e. The molecule has 2 aliphatic heterocycles. The van der Waals surface area contributed by atoms with E-state index in [1.807, 2.05) is 6.92 Å². The smallest absolute Gasteiger partial charge is 0.499 e. The molecular formula is C33H53O10P. The molecule has 0 radical (unpaired) electrons. The van der Waals surface area contributed by atoms with E-state index >= 15 is 0 Å². The van der Waals surface area contributed by atoms with Gasteiger partial charge in [-0.2, -0.15) is 0 Å². The number of fused-ring (bicyclic) bond motifs is 1. The Kier molecular flexibility index (Phi) is 13.0. The Morgan fingerprint density at radius 2 is 1.64 bits per heavy atom. The zero-order valence-corrected chi connectivity index (χ0v) is 28.1. The lowest BCUT2D eigenvalue weighted by molar-refractivity contribution is -0.147. The van der Waals surface area contributed by atoms with E-state index in [0.29, 0.717) is 12.3 Å². The number of esters is 1. The number of hydrogen-bond acceptors (Lipinski definition) is 9. The predicted molar refractivity (Wildman–Crippen MR) is 167 cm³/mol. The molecular weight excluding hydrogens is 587 g/mol. The lowest BCUT2D eigenvalue weighted by Crippen LogP contribution is -2.36. The van der Waals surface area contributed by atoms with Crippen molar-refractivity contribution in [3.63, 3.8) is 0 Å². The molecule has 44 heavy (non-hydrogen) atoms. The third kappa shape index (κ3) is 10.4. The molecule has 1 aromatic carbocycles. The SMILES string of the molecule is Cc1cc(OP(=O)(O)OC2=C(O)C(=O)OC2C(O)CO)cc2c1OC(C)(CCCC(C)CCCC(C)CCCC(C)C)CC2. The maximum Gasteiger partial charge on any atom is 0.584 e. The summed E-state index contributed by atoms with van der Waals surface area (Å²) in [5.74, 6) is -0.0492. The second-order valence-electron chi connectivity index (χ2n) is 13.6. The molecule has 250 valence electrons. The Bertz CT molecular complexity index is 1200. The van der Waals surface area contributed by atoms with Gasteiger partial charge in [0.2, 0.25) is 11.5 Å². The first-order valence-corrected chi connectivity index (χ1v) is 17.6. The maximum atomic E-state index is 12.8. The van der Waals surface area contributed by atoms with Crippen molar-refractivity contribution in [3.05, 3.63) is 34.8 Å². The number of phosphoric acid groups is 1. The minimum atomic E-state index is -4.93. The zero-order chi connectivity index (χ0) is 32.7. The van der Waals surface area contributed by atoms with Crippen LogP contribution in [0.3, 0.4) is 0 Å². The van der Waals surface area contributed by atoms with Gasteiger partial charge in [-0.25, -0.2) is 9.36 Å². The largest absolute Gasteiger partial charge is 0.584 e. The van der Waals surface area contributed by atoms with E-state index in [-0.39, 0.29) is 11.4 Å². The van der Waals surface area contributed by atoms with Crippen LogP contribution >= 0.6 is 7.82 Å². The number of carbonyl (C=O) groups is 1. The van der Waals surface area contributed by atoms with Crippen LogP contribution in [0.25, 0.3) is 0 Å². The van der Waals surface area contributed by atoms with Gasteiger partial charge in [-0.3, -0.25) is 4.89 Å². The van der Waals surface area contributed by atoms with Crippen molar-refractivity contribution < 1.29 is 48.1 Å². The Labute approximate surface area is 262 Å². The average Bonchev–Trinajstić information content (AvgIpc) is 3.20. The molecule has 4 N–H and O–H groups in total. The van der Waals surface area contributed by atoms with E-state index < -0.39 is 44.1 Å². The lowest BCUT2D eigenvalue weighted by atomic mass is 9.85. The molecule has 2 aliphatic rings. The molecule has 0 saturated carbocycles. The number of ether oxygens (including phenoxy) is 2. The number of hydrogen-bond donors (Lipinski definition) is 4. The normalized spacial score (nSPS) is 23.4. The van der Waals surface area contributed by atoms with Crippen molar-refractivity contribution >= 4 is 13.8 Å². The van der Waals surface area contributed by atoms with Crippen molar-refractivity contribution in [1.82, 2.24) is 0 Å². The fourth-order valence-corrected chi connectivity index (χ4v) is 6.90. The second-order valence-corrected chi connectivity index (χ2v) is 14.9. The van der Waals surface area contributed by atoms with E-state index in [2.05, 4.69) is 34.6 Å². The van der Waals surface area contributed by atoms with Gasteiger partial charge in [0, 0.05) is 0 Å². The molecule has 0 aromatic heterocycles. The van der Waals surface area contributed by atoms with Crippen LogP contribution in [0.5, 0.6) is 11.5 Å². The van der Waals surface area contributed by atoms with Crippen LogP contribution in [0, 0.1) is 24.7 Å². The third-order valence-corrected chi connectivity index (χ3v) is 9.63. The highest BCUT2D eigenvalue weighted by Gasteiger charge is 2.45. The van der Waals surface area contributed by atoms with Crippen molar-refractivity contribution in [1.29, 1.82) is 0 Å². The van der Waals surface area contributed by atoms with Gasteiger partial charge in [0.15, 0.2) is 6.10 Å². The van der Waals surface area contributed by atoms with Crippen molar-refractivity contribution in [2.75, 3.05) is 6.61 Å². The number of benzene rings is 1. The van der Waals surface area contributed by atoms with Gasteiger partial charge in [0.05, 0.1) is 6.61 Å². The van der Waals surface area contributed by atoms with Gasteiger partial charge in [-0.1, -0.05) is 72.6 Å². The van der Waals surface area contributed by atoms with E-state index in [4.69, 9.17) is 18.5 Å². The summed E-state index contributed by atoms with van der Waals surface area (Å²) in [6, 6.07) is 3.18. The number of cyclic esters (lactones) is 1. The van der Waals surface area contributed by atoms with Gasteiger partial charge in [0.25, 0.3) is 0 Å². The summed E-state index contributed by atoms with van der Waals surface area (Å²) in [6.45, 7) is 12.5. The molecule has 0 bridgehead atoms. The quantitative estimate of drug-likeness (QED) is 0.0969. The van der Waals surface area contributed by atoms with Crippen LogP contribution in [0.4, 0.5) is 0 Å². The third-order valence-electron chi connectivity index (χ3n) is 8.76. The number of phosphoric ester groups is 1. The summed E-state index contributed by atoms with van der Waals surface area (Å²) < 4.78 is 34.2. The minimum absolute atomic E-state index is 0.0481. The standard InChI is InChI=1S/C33H53O10P/c1-21(2)10-7-11-22(3)12-8-13-23(4)14-9-16-33(6)17-15-25-19-26(18-24(5)29(25)41-33)42-44(38,39)43-31-28(36)32(37)40-30(31)27(35)20-34/h18-19,21-23,27,30,34-36H,7-17,20H2,1-6H3,(H,38,39). The van der Waals surface area contributed by atoms with E-state index in [1.165, 1.54) is 44.9 Å². The molecule has 0 saturated heterocycles. The van der Waals surface area contributed by atoms with Gasteiger partial charge >= 0.3 is 13.8 Å². The van der Waals surface area contributed by atoms with Gasteiger partial charge in [-0.15, -0.1) is 0 Å². The highest BCUT2D eigenvalue weighted by Crippen LogP contribution is 2.50. The molecule has 11 heteroatoms. The molecule has 6 atom stereocenters.